The predicted molar refractivity (Wildman–Crippen MR) is 93.4 cm³/mol. The molecular weight excluding hydrogens is 304 g/mol. The number of carbonyl (C=O) groups is 1. The van der Waals surface area contributed by atoms with Crippen LogP contribution in [-0.4, -0.2) is 25.2 Å². The maximum absolute atomic E-state index is 11.5. The maximum Gasteiger partial charge on any atom is 0.333 e. The van der Waals surface area contributed by atoms with Gasteiger partial charge in [0, 0.05) is 5.57 Å². The van der Waals surface area contributed by atoms with Crippen molar-refractivity contribution in [1.82, 2.24) is 0 Å². The molecule has 4 heteroatoms. The van der Waals surface area contributed by atoms with Crippen molar-refractivity contribution in [2.75, 3.05) is 6.61 Å². The van der Waals surface area contributed by atoms with Crippen LogP contribution in [0.2, 0.25) is 0 Å². The van der Waals surface area contributed by atoms with Gasteiger partial charge >= 0.3 is 5.97 Å². The van der Waals surface area contributed by atoms with Crippen LogP contribution in [0, 0.1) is 0 Å². The summed E-state index contributed by atoms with van der Waals surface area (Å²) in [5.74, 6) is -0.303. The van der Waals surface area contributed by atoms with Crippen molar-refractivity contribution in [2.45, 2.75) is 52.1 Å². The van der Waals surface area contributed by atoms with E-state index in [-0.39, 0.29) is 18.5 Å². The summed E-state index contributed by atoms with van der Waals surface area (Å²) >= 11 is 0. The SMILES string of the molecule is C=C(CCc1ccc(CCC(=C)C2OC(C)O2)cc1)C(=O)OCC. The van der Waals surface area contributed by atoms with Crippen molar-refractivity contribution in [2.24, 2.45) is 0 Å². The van der Waals surface area contributed by atoms with E-state index in [4.69, 9.17) is 14.2 Å². The van der Waals surface area contributed by atoms with Gasteiger partial charge < -0.3 is 14.2 Å². The number of carbonyl (C=O) groups excluding carboxylic acids is 1. The van der Waals surface area contributed by atoms with Gasteiger partial charge in [0.25, 0.3) is 0 Å². The minimum Gasteiger partial charge on any atom is -0.463 e. The van der Waals surface area contributed by atoms with Gasteiger partial charge in [0.05, 0.1) is 6.61 Å². The van der Waals surface area contributed by atoms with Gasteiger partial charge in [0.2, 0.25) is 0 Å². The normalized spacial score (nSPS) is 19.4. The highest BCUT2D eigenvalue weighted by molar-refractivity contribution is 5.87. The second-order valence-corrected chi connectivity index (χ2v) is 5.97. The Labute approximate surface area is 144 Å². The van der Waals surface area contributed by atoms with Crippen molar-refractivity contribution >= 4 is 5.97 Å². The molecule has 1 aromatic carbocycles. The van der Waals surface area contributed by atoms with Crippen LogP contribution in [0.4, 0.5) is 0 Å². The van der Waals surface area contributed by atoms with Gasteiger partial charge in [0.1, 0.15) is 0 Å². The molecule has 0 bridgehead atoms. The molecule has 1 saturated heterocycles. The summed E-state index contributed by atoms with van der Waals surface area (Å²) in [5.41, 5.74) is 3.92. The third-order valence-corrected chi connectivity index (χ3v) is 4.00. The van der Waals surface area contributed by atoms with Crippen LogP contribution >= 0.6 is 0 Å². The molecule has 1 heterocycles. The van der Waals surface area contributed by atoms with Gasteiger partial charge in [0.15, 0.2) is 12.6 Å². The molecule has 0 spiro atoms. The van der Waals surface area contributed by atoms with E-state index in [2.05, 4.69) is 37.4 Å². The summed E-state index contributed by atoms with van der Waals surface area (Å²) < 4.78 is 15.8. The van der Waals surface area contributed by atoms with Crippen molar-refractivity contribution in [3.63, 3.8) is 0 Å². The Morgan fingerprint density at radius 3 is 2.12 bits per heavy atom. The van der Waals surface area contributed by atoms with Gasteiger partial charge in [-0.2, -0.15) is 0 Å². The summed E-state index contributed by atoms with van der Waals surface area (Å²) in [6, 6.07) is 8.41. The zero-order chi connectivity index (χ0) is 17.5. The molecule has 130 valence electrons. The second-order valence-electron chi connectivity index (χ2n) is 5.97. The van der Waals surface area contributed by atoms with Gasteiger partial charge in [-0.05, 0) is 56.2 Å². The highest BCUT2D eigenvalue weighted by atomic mass is 16.9. The molecule has 1 aliphatic heterocycles. The van der Waals surface area contributed by atoms with Crippen LogP contribution in [0.5, 0.6) is 0 Å². The monoisotopic (exact) mass is 330 g/mol. The molecule has 2 rings (SSSR count). The second kappa shape index (κ2) is 8.81. The minimum absolute atomic E-state index is 0.115. The Morgan fingerprint density at radius 1 is 1.08 bits per heavy atom. The molecular formula is C20H26O4. The lowest BCUT2D eigenvalue weighted by Gasteiger charge is -2.35. The number of ether oxygens (including phenoxy) is 3. The average Bonchev–Trinajstić information content (AvgIpc) is 2.55. The van der Waals surface area contributed by atoms with E-state index < -0.39 is 0 Å². The van der Waals surface area contributed by atoms with Crippen LogP contribution < -0.4 is 0 Å². The Bertz CT molecular complexity index is 582. The molecule has 0 N–H and O–H groups in total. The topological polar surface area (TPSA) is 44.8 Å². The molecule has 24 heavy (non-hydrogen) atoms. The van der Waals surface area contributed by atoms with Crippen molar-refractivity contribution < 1.29 is 19.0 Å². The summed E-state index contributed by atoms with van der Waals surface area (Å²) in [6.45, 7) is 11.9. The molecule has 1 aliphatic rings. The fraction of sp³-hybridized carbons (Fsp3) is 0.450. The van der Waals surface area contributed by atoms with Crippen LogP contribution in [0.15, 0.2) is 48.6 Å². The van der Waals surface area contributed by atoms with E-state index in [1.807, 2.05) is 6.92 Å². The molecule has 0 aliphatic carbocycles. The first-order valence-electron chi connectivity index (χ1n) is 8.41. The third-order valence-electron chi connectivity index (χ3n) is 4.00. The Balaban J connectivity index is 1.73. The van der Waals surface area contributed by atoms with Gasteiger partial charge in [-0.3, -0.25) is 0 Å². The van der Waals surface area contributed by atoms with Crippen LogP contribution in [0.25, 0.3) is 0 Å². The largest absolute Gasteiger partial charge is 0.463 e. The Hall–Kier alpha value is -1.91. The van der Waals surface area contributed by atoms with Crippen LogP contribution in [0.3, 0.4) is 0 Å². The lowest BCUT2D eigenvalue weighted by atomic mass is 10.0. The Kier molecular flexibility index (Phi) is 6.76. The standard InChI is InChI=1S/C20H26O4/c1-5-22-19(21)14(2)6-8-17-10-12-18(13-11-17)9-7-15(3)20-23-16(4)24-20/h10-13,16,20H,2-3,5-9H2,1,4H3. The van der Waals surface area contributed by atoms with Crippen LogP contribution in [0.1, 0.15) is 37.8 Å². The van der Waals surface area contributed by atoms with Gasteiger partial charge in [-0.25, -0.2) is 4.79 Å². The van der Waals surface area contributed by atoms with E-state index in [0.29, 0.717) is 18.6 Å². The van der Waals surface area contributed by atoms with Crippen molar-refractivity contribution in [3.8, 4) is 0 Å². The van der Waals surface area contributed by atoms with Gasteiger partial charge in [-0.15, -0.1) is 0 Å². The number of benzene rings is 1. The van der Waals surface area contributed by atoms with Gasteiger partial charge in [-0.1, -0.05) is 37.4 Å². The summed E-state index contributed by atoms with van der Waals surface area (Å²) in [6.07, 6.45) is 2.79. The number of aryl methyl sites for hydroxylation is 2. The first-order valence-corrected chi connectivity index (χ1v) is 8.41. The van der Waals surface area contributed by atoms with E-state index in [1.54, 1.807) is 6.92 Å². The number of esters is 1. The van der Waals surface area contributed by atoms with Crippen molar-refractivity contribution in [3.05, 3.63) is 59.7 Å². The smallest absolute Gasteiger partial charge is 0.333 e. The number of hydrogen-bond acceptors (Lipinski definition) is 4. The zero-order valence-electron chi connectivity index (χ0n) is 14.5. The third kappa shape index (κ3) is 5.32. The van der Waals surface area contributed by atoms with E-state index in [9.17, 15) is 4.79 Å². The first kappa shape index (κ1) is 18.4. The fourth-order valence-electron chi connectivity index (χ4n) is 2.48. The zero-order valence-corrected chi connectivity index (χ0v) is 14.5. The highest BCUT2D eigenvalue weighted by Gasteiger charge is 2.28. The summed E-state index contributed by atoms with van der Waals surface area (Å²) in [7, 11) is 0. The molecule has 1 aromatic rings. The molecule has 0 saturated carbocycles. The lowest BCUT2D eigenvalue weighted by molar-refractivity contribution is -0.359. The van der Waals surface area contributed by atoms with E-state index >= 15 is 0 Å². The molecule has 0 atom stereocenters. The minimum atomic E-state index is -0.303. The molecule has 0 unspecified atom stereocenters. The molecule has 0 radical (unpaired) electrons. The highest BCUT2D eigenvalue weighted by Crippen LogP contribution is 2.25. The molecule has 1 fully saturated rings. The van der Waals surface area contributed by atoms with Crippen molar-refractivity contribution in [1.29, 1.82) is 0 Å². The molecule has 0 amide bonds. The summed E-state index contributed by atoms with van der Waals surface area (Å²) in [5, 5.41) is 0. The predicted octanol–water partition coefficient (Wildman–Crippen LogP) is 3.95. The van der Waals surface area contributed by atoms with E-state index in [1.165, 1.54) is 11.1 Å². The average molecular weight is 330 g/mol. The molecule has 4 nitrogen and oxygen atoms in total. The van der Waals surface area contributed by atoms with E-state index in [0.717, 1.165) is 24.8 Å². The molecule has 0 aromatic heterocycles. The number of hydrogen-bond donors (Lipinski definition) is 0. The lowest BCUT2D eigenvalue weighted by Crippen LogP contribution is -2.39. The first-order chi connectivity index (χ1) is 11.5. The quantitative estimate of drug-likeness (QED) is 0.391. The maximum atomic E-state index is 11.5. The number of rotatable bonds is 9. The van der Waals surface area contributed by atoms with Crippen LogP contribution in [-0.2, 0) is 31.8 Å². The fourth-order valence-corrected chi connectivity index (χ4v) is 2.48. The summed E-state index contributed by atoms with van der Waals surface area (Å²) in [4.78, 5) is 11.5. The Morgan fingerprint density at radius 2 is 1.62 bits per heavy atom.